The van der Waals surface area contributed by atoms with Crippen molar-refractivity contribution in [3.63, 3.8) is 0 Å². The van der Waals surface area contributed by atoms with Gasteiger partial charge < -0.3 is 14.4 Å². The highest BCUT2D eigenvalue weighted by atomic mass is 32.2. The first-order chi connectivity index (χ1) is 27.8. The molecule has 0 radical (unpaired) electrons. The van der Waals surface area contributed by atoms with E-state index < -0.39 is 31.1 Å². The SMILES string of the molecule is CCOC(=O)CCCCN1/C(=C\C=C\C2=[N+](CCCCC(=O)OCC)c3ccc4c(S(=O)(=O)O)cccc4c3C2(C)C)C(C)(C)c2c1ccc1c(S(=O)(=O)O)cccc21. The van der Waals surface area contributed by atoms with E-state index >= 15 is 0 Å². The van der Waals surface area contributed by atoms with Gasteiger partial charge >= 0.3 is 11.9 Å². The van der Waals surface area contributed by atoms with Gasteiger partial charge in [-0.15, -0.1) is 0 Å². The van der Waals surface area contributed by atoms with Crippen molar-refractivity contribution >= 4 is 70.8 Å². The third kappa shape index (κ3) is 8.59. The summed E-state index contributed by atoms with van der Waals surface area (Å²) in [6, 6.07) is 17.0. The molecule has 59 heavy (non-hydrogen) atoms. The van der Waals surface area contributed by atoms with Crippen LogP contribution in [0.3, 0.4) is 0 Å². The number of benzene rings is 4. The van der Waals surface area contributed by atoms with E-state index in [0.29, 0.717) is 73.5 Å². The monoisotopic (exact) mass is 845 g/mol. The highest BCUT2D eigenvalue weighted by Gasteiger charge is 2.46. The Morgan fingerprint density at radius 2 is 1.24 bits per heavy atom. The number of esters is 2. The van der Waals surface area contributed by atoms with Crippen LogP contribution in [0.25, 0.3) is 21.5 Å². The molecule has 0 atom stereocenters. The Balaban J connectivity index is 1.45. The molecule has 4 aromatic rings. The van der Waals surface area contributed by atoms with Gasteiger partial charge in [0.05, 0.1) is 18.6 Å². The minimum Gasteiger partial charge on any atom is -0.466 e. The number of fused-ring (bicyclic) bond motifs is 6. The highest BCUT2D eigenvalue weighted by Crippen LogP contribution is 2.52. The van der Waals surface area contributed by atoms with Gasteiger partial charge in [-0.2, -0.15) is 21.4 Å². The molecule has 4 aromatic carbocycles. The minimum absolute atomic E-state index is 0.162. The topological polar surface area (TPSA) is 168 Å². The summed E-state index contributed by atoms with van der Waals surface area (Å²) >= 11 is 0. The maximum atomic E-state index is 12.4. The van der Waals surface area contributed by atoms with E-state index in [9.17, 15) is 35.5 Å². The van der Waals surface area contributed by atoms with E-state index in [1.807, 2.05) is 30.3 Å². The normalized spacial score (nSPS) is 16.7. The van der Waals surface area contributed by atoms with Crippen LogP contribution in [0.1, 0.15) is 91.2 Å². The lowest BCUT2D eigenvalue weighted by atomic mass is 9.79. The molecule has 0 unspecified atom stereocenters. The maximum Gasteiger partial charge on any atom is 0.305 e. The van der Waals surface area contributed by atoms with E-state index in [1.165, 1.54) is 12.1 Å². The number of allylic oxidation sites excluding steroid dienone is 4. The molecule has 2 N–H and O–H groups in total. The zero-order valence-electron chi connectivity index (χ0n) is 34.4. The molecule has 2 heterocycles. The van der Waals surface area contributed by atoms with Crippen molar-refractivity contribution in [3.05, 3.63) is 95.7 Å². The first-order valence-corrected chi connectivity index (χ1v) is 22.9. The van der Waals surface area contributed by atoms with E-state index in [1.54, 1.807) is 38.1 Å². The second-order valence-corrected chi connectivity index (χ2v) is 18.7. The predicted molar refractivity (Wildman–Crippen MR) is 229 cm³/mol. The van der Waals surface area contributed by atoms with Crippen LogP contribution in [0.15, 0.2) is 94.4 Å². The molecular weight excluding hydrogens is 793 g/mol. The average Bonchev–Trinajstić information content (AvgIpc) is 3.52. The van der Waals surface area contributed by atoms with Crippen LogP contribution in [0.2, 0.25) is 0 Å². The Hall–Kier alpha value is -4.89. The molecule has 0 aliphatic carbocycles. The average molecular weight is 846 g/mol. The fraction of sp³-hybridized carbons (Fsp3) is 0.400. The van der Waals surface area contributed by atoms with Crippen molar-refractivity contribution in [1.82, 2.24) is 0 Å². The largest absolute Gasteiger partial charge is 0.466 e. The van der Waals surface area contributed by atoms with Gasteiger partial charge in [0.15, 0.2) is 5.71 Å². The minimum atomic E-state index is -4.50. The quantitative estimate of drug-likeness (QED) is 0.0480. The Morgan fingerprint density at radius 3 is 1.80 bits per heavy atom. The fourth-order valence-electron chi connectivity index (χ4n) is 8.89. The summed E-state index contributed by atoms with van der Waals surface area (Å²) in [4.78, 5) is 26.2. The molecule has 14 heteroatoms. The number of hydrogen-bond acceptors (Lipinski definition) is 9. The number of ether oxygens (including phenoxy) is 2. The van der Waals surface area contributed by atoms with Gasteiger partial charge in [-0.05, 0) is 93.6 Å². The molecule has 0 fully saturated rings. The Kier molecular flexibility index (Phi) is 12.6. The molecule has 314 valence electrons. The number of carbonyl (C=O) groups is 2. The van der Waals surface area contributed by atoms with Gasteiger partial charge in [-0.25, -0.2) is 0 Å². The lowest BCUT2D eigenvalue weighted by Gasteiger charge is -2.27. The van der Waals surface area contributed by atoms with Gasteiger partial charge in [0, 0.05) is 71.1 Å². The predicted octanol–water partition coefficient (Wildman–Crippen LogP) is 8.57. The Bertz CT molecular complexity index is 2640. The van der Waals surface area contributed by atoms with E-state index in [-0.39, 0.29) is 34.6 Å². The number of unbranched alkanes of at least 4 members (excludes halogenated alkanes) is 2. The highest BCUT2D eigenvalue weighted by molar-refractivity contribution is 7.86. The van der Waals surface area contributed by atoms with Gasteiger partial charge in [0.1, 0.15) is 16.3 Å². The summed E-state index contributed by atoms with van der Waals surface area (Å²) in [7, 11) is -9.00. The van der Waals surface area contributed by atoms with Crippen LogP contribution >= 0.6 is 0 Å². The van der Waals surface area contributed by atoms with Crippen LogP contribution in [0.5, 0.6) is 0 Å². The molecule has 0 saturated heterocycles. The lowest BCUT2D eigenvalue weighted by molar-refractivity contribution is -0.438. The van der Waals surface area contributed by atoms with Crippen LogP contribution in [0.4, 0.5) is 11.4 Å². The van der Waals surface area contributed by atoms with Gasteiger partial charge in [0.25, 0.3) is 20.2 Å². The second kappa shape index (κ2) is 17.0. The summed E-state index contributed by atoms with van der Waals surface area (Å²) in [5.74, 6) is -0.497. The summed E-state index contributed by atoms with van der Waals surface area (Å²) in [5, 5.41) is 2.26. The molecular formula is C45H53N2O10S2+. The summed E-state index contributed by atoms with van der Waals surface area (Å²) in [6.45, 7) is 13.7. The third-order valence-corrected chi connectivity index (χ3v) is 13.2. The molecule has 0 amide bonds. The van der Waals surface area contributed by atoms with Crippen molar-refractivity contribution in [2.75, 3.05) is 31.2 Å². The van der Waals surface area contributed by atoms with E-state index in [2.05, 4.69) is 49.3 Å². The smallest absolute Gasteiger partial charge is 0.305 e. The number of hydrogen-bond donors (Lipinski definition) is 2. The van der Waals surface area contributed by atoms with Gasteiger partial charge in [-0.3, -0.25) is 18.7 Å². The second-order valence-electron chi connectivity index (χ2n) is 15.9. The Labute approximate surface area is 346 Å². The Morgan fingerprint density at radius 1 is 0.695 bits per heavy atom. The van der Waals surface area contributed by atoms with Crippen molar-refractivity contribution < 1.29 is 49.6 Å². The number of nitrogens with zero attached hydrogens (tertiary/aromatic N) is 2. The summed E-state index contributed by atoms with van der Waals surface area (Å²) in [5.41, 5.74) is 4.25. The number of rotatable bonds is 16. The fourth-order valence-corrected chi connectivity index (χ4v) is 10.3. The third-order valence-electron chi connectivity index (χ3n) is 11.4. The molecule has 0 spiro atoms. The first kappa shape index (κ1) is 43.7. The number of carbonyl (C=O) groups excluding carboxylic acids is 2. The molecule has 2 aliphatic heterocycles. The van der Waals surface area contributed by atoms with Crippen molar-refractivity contribution in [3.8, 4) is 0 Å². The molecule has 6 rings (SSSR count). The van der Waals surface area contributed by atoms with E-state index in [4.69, 9.17) is 9.47 Å². The van der Waals surface area contributed by atoms with Gasteiger partial charge in [-0.1, -0.05) is 50.3 Å². The van der Waals surface area contributed by atoms with Gasteiger partial charge in [0.2, 0.25) is 5.69 Å². The van der Waals surface area contributed by atoms with Crippen LogP contribution in [-0.2, 0) is 50.1 Å². The molecule has 0 bridgehead atoms. The van der Waals surface area contributed by atoms with Crippen LogP contribution < -0.4 is 4.90 Å². The molecule has 0 saturated carbocycles. The summed E-state index contributed by atoms with van der Waals surface area (Å²) in [6.07, 6.45) is 9.27. The molecule has 12 nitrogen and oxygen atoms in total. The van der Waals surface area contributed by atoms with Crippen LogP contribution in [-0.4, -0.2) is 74.5 Å². The zero-order valence-corrected chi connectivity index (χ0v) is 36.1. The standard InChI is InChI=1S/C45H52N2O10S2/c1-7-56-40(48)22-9-11-28-46-34-26-24-30-32(16-13-18-36(30)58(50,51)52)42(34)44(3,4)38(46)20-15-21-39-45(5,6)43-33-17-14-19-37(59(53,54)55)31(33)25-27-35(43)47(39)29-12-10-23-41(49)57-8-2/h13-21,24-27H,7-12,22-23,28-29H2,1-6H3,(H-,50,51,52,53,54,55)/p+1. The van der Waals surface area contributed by atoms with Crippen molar-refractivity contribution in [2.45, 2.75) is 101 Å². The lowest BCUT2D eigenvalue weighted by Crippen LogP contribution is -2.28. The zero-order chi connectivity index (χ0) is 42.9. The molecule has 2 aliphatic rings. The molecule has 0 aromatic heterocycles. The van der Waals surface area contributed by atoms with Crippen LogP contribution in [0, 0.1) is 0 Å². The van der Waals surface area contributed by atoms with E-state index in [0.717, 1.165) is 33.9 Å². The maximum absolute atomic E-state index is 12.4. The van der Waals surface area contributed by atoms with Crippen molar-refractivity contribution in [2.24, 2.45) is 0 Å². The first-order valence-electron chi connectivity index (χ1n) is 20.0. The summed E-state index contributed by atoms with van der Waals surface area (Å²) < 4.78 is 82.5. The number of anilines is 1. The van der Waals surface area contributed by atoms with Crippen molar-refractivity contribution in [1.29, 1.82) is 0 Å².